The second-order valence-electron chi connectivity index (χ2n) is 3.23. The number of nitro groups is 1. The van der Waals surface area contributed by atoms with Gasteiger partial charge < -0.3 is 15.8 Å². The van der Waals surface area contributed by atoms with E-state index >= 15 is 0 Å². The number of ether oxygens (including phenoxy) is 1. The van der Waals surface area contributed by atoms with Crippen LogP contribution in [0.1, 0.15) is 6.42 Å². The molecule has 0 aliphatic rings. The fraction of sp³-hybridized carbons (Fsp3) is 0.300. The van der Waals surface area contributed by atoms with Gasteiger partial charge in [0.05, 0.1) is 17.7 Å². The summed E-state index contributed by atoms with van der Waals surface area (Å²) in [4.78, 5) is 21.4. The number of non-ortho nitro benzene ring substituents is 1. The summed E-state index contributed by atoms with van der Waals surface area (Å²) < 4.78 is 4.99. The van der Waals surface area contributed by atoms with Gasteiger partial charge in [-0.2, -0.15) is 0 Å². The standard InChI is InChI=1S/C10H13N3O4/c1-17-9-3-2-7(13(15)16)6-8(9)12-10(14)4-5-11/h2-3,6H,4-5,11H2,1H3,(H,12,14). The SMILES string of the molecule is COc1ccc([N+](=O)[O-])cc1NC(=O)CCN. The van der Waals surface area contributed by atoms with Crippen molar-refractivity contribution < 1.29 is 14.5 Å². The topological polar surface area (TPSA) is 107 Å². The summed E-state index contributed by atoms with van der Waals surface area (Å²) in [7, 11) is 1.42. The average Bonchev–Trinajstić information content (AvgIpc) is 2.29. The molecular formula is C10H13N3O4. The first kappa shape index (κ1) is 12.9. The van der Waals surface area contributed by atoms with Gasteiger partial charge >= 0.3 is 0 Å². The van der Waals surface area contributed by atoms with Gasteiger partial charge in [0.2, 0.25) is 5.91 Å². The van der Waals surface area contributed by atoms with E-state index in [2.05, 4.69) is 5.32 Å². The summed E-state index contributed by atoms with van der Waals surface area (Å²) >= 11 is 0. The molecule has 17 heavy (non-hydrogen) atoms. The van der Waals surface area contributed by atoms with Crippen molar-refractivity contribution in [1.29, 1.82) is 0 Å². The number of anilines is 1. The van der Waals surface area contributed by atoms with E-state index in [4.69, 9.17) is 10.5 Å². The number of amides is 1. The van der Waals surface area contributed by atoms with Crippen LogP contribution in [0.5, 0.6) is 5.75 Å². The molecule has 1 rings (SSSR count). The van der Waals surface area contributed by atoms with E-state index in [1.807, 2.05) is 0 Å². The summed E-state index contributed by atoms with van der Waals surface area (Å²) in [5, 5.41) is 13.1. The van der Waals surface area contributed by atoms with Crippen LogP contribution in [0.4, 0.5) is 11.4 Å². The second kappa shape index (κ2) is 5.80. The van der Waals surface area contributed by atoms with Gasteiger partial charge in [0.25, 0.3) is 5.69 Å². The van der Waals surface area contributed by atoms with E-state index in [9.17, 15) is 14.9 Å². The number of nitro benzene ring substituents is 1. The molecule has 0 bridgehead atoms. The molecule has 92 valence electrons. The summed E-state index contributed by atoms with van der Waals surface area (Å²) in [5.41, 5.74) is 5.38. The summed E-state index contributed by atoms with van der Waals surface area (Å²) in [6.07, 6.45) is 0.145. The van der Waals surface area contributed by atoms with Gasteiger partial charge in [0.1, 0.15) is 5.75 Å². The minimum atomic E-state index is -0.544. The highest BCUT2D eigenvalue weighted by Gasteiger charge is 2.13. The van der Waals surface area contributed by atoms with Gasteiger partial charge in [-0.05, 0) is 6.07 Å². The van der Waals surface area contributed by atoms with Crippen LogP contribution in [-0.4, -0.2) is 24.5 Å². The van der Waals surface area contributed by atoms with E-state index in [1.165, 1.54) is 25.3 Å². The number of carbonyl (C=O) groups is 1. The fourth-order valence-electron chi connectivity index (χ4n) is 1.25. The van der Waals surface area contributed by atoms with Crippen molar-refractivity contribution in [3.8, 4) is 5.75 Å². The van der Waals surface area contributed by atoms with Crippen LogP contribution >= 0.6 is 0 Å². The number of rotatable bonds is 5. The zero-order chi connectivity index (χ0) is 12.8. The Morgan fingerprint density at radius 2 is 2.29 bits per heavy atom. The lowest BCUT2D eigenvalue weighted by Crippen LogP contribution is -2.16. The van der Waals surface area contributed by atoms with Crippen LogP contribution in [0.15, 0.2) is 18.2 Å². The largest absolute Gasteiger partial charge is 0.495 e. The van der Waals surface area contributed by atoms with E-state index in [-0.39, 0.29) is 30.2 Å². The molecule has 0 spiro atoms. The molecule has 0 unspecified atom stereocenters. The lowest BCUT2D eigenvalue weighted by molar-refractivity contribution is -0.384. The highest BCUT2D eigenvalue weighted by molar-refractivity contribution is 5.92. The molecule has 7 heteroatoms. The fourth-order valence-corrected chi connectivity index (χ4v) is 1.25. The summed E-state index contributed by atoms with van der Waals surface area (Å²) in [5.74, 6) is 0.0484. The summed E-state index contributed by atoms with van der Waals surface area (Å²) in [6.45, 7) is 0.211. The van der Waals surface area contributed by atoms with Gasteiger partial charge in [-0.25, -0.2) is 0 Å². The molecule has 1 amide bonds. The Kier molecular flexibility index (Phi) is 4.41. The normalized spacial score (nSPS) is 9.76. The predicted molar refractivity (Wildman–Crippen MR) is 61.9 cm³/mol. The van der Waals surface area contributed by atoms with Crippen LogP contribution in [0, 0.1) is 10.1 Å². The molecule has 0 aliphatic carbocycles. The lowest BCUT2D eigenvalue weighted by atomic mass is 10.2. The maximum atomic E-state index is 11.3. The van der Waals surface area contributed by atoms with Crippen LogP contribution in [0.3, 0.4) is 0 Å². The zero-order valence-corrected chi connectivity index (χ0v) is 9.30. The van der Waals surface area contributed by atoms with Crippen molar-refractivity contribution in [3.63, 3.8) is 0 Å². The van der Waals surface area contributed by atoms with Crippen LogP contribution in [-0.2, 0) is 4.79 Å². The third kappa shape index (κ3) is 3.42. The van der Waals surface area contributed by atoms with Crippen LogP contribution in [0.2, 0.25) is 0 Å². The number of methoxy groups -OCH3 is 1. The number of nitrogens with zero attached hydrogens (tertiary/aromatic N) is 1. The molecule has 0 radical (unpaired) electrons. The maximum absolute atomic E-state index is 11.3. The maximum Gasteiger partial charge on any atom is 0.271 e. The number of hydrogen-bond acceptors (Lipinski definition) is 5. The second-order valence-corrected chi connectivity index (χ2v) is 3.23. The van der Waals surface area contributed by atoms with Crippen molar-refractivity contribution in [3.05, 3.63) is 28.3 Å². The monoisotopic (exact) mass is 239 g/mol. The smallest absolute Gasteiger partial charge is 0.271 e. The number of nitrogens with one attached hydrogen (secondary N) is 1. The van der Waals surface area contributed by atoms with Crippen molar-refractivity contribution >= 4 is 17.3 Å². The molecule has 1 aromatic carbocycles. The Hall–Kier alpha value is -2.15. The number of hydrogen-bond donors (Lipinski definition) is 2. The first-order chi connectivity index (χ1) is 8.08. The van der Waals surface area contributed by atoms with Crippen molar-refractivity contribution in [2.45, 2.75) is 6.42 Å². The third-order valence-electron chi connectivity index (χ3n) is 2.04. The highest BCUT2D eigenvalue weighted by Crippen LogP contribution is 2.28. The predicted octanol–water partition coefficient (Wildman–Crippen LogP) is 0.891. The van der Waals surface area contributed by atoms with E-state index in [0.717, 1.165) is 0 Å². The Morgan fingerprint density at radius 1 is 1.59 bits per heavy atom. The number of benzene rings is 1. The molecule has 0 heterocycles. The molecule has 0 saturated heterocycles. The first-order valence-corrected chi connectivity index (χ1v) is 4.91. The van der Waals surface area contributed by atoms with E-state index < -0.39 is 4.92 Å². The van der Waals surface area contributed by atoms with Gasteiger partial charge in [-0.15, -0.1) is 0 Å². The molecule has 0 saturated carbocycles. The van der Waals surface area contributed by atoms with Crippen molar-refractivity contribution in [2.24, 2.45) is 5.73 Å². The average molecular weight is 239 g/mol. The van der Waals surface area contributed by atoms with Gasteiger partial charge in [0, 0.05) is 25.1 Å². The minimum Gasteiger partial charge on any atom is -0.495 e. The Balaban J connectivity index is 2.97. The Bertz CT molecular complexity index is 434. The lowest BCUT2D eigenvalue weighted by Gasteiger charge is -2.09. The van der Waals surface area contributed by atoms with Crippen LogP contribution < -0.4 is 15.8 Å². The molecule has 0 aromatic heterocycles. The first-order valence-electron chi connectivity index (χ1n) is 4.91. The highest BCUT2D eigenvalue weighted by atomic mass is 16.6. The molecule has 0 atom stereocenters. The van der Waals surface area contributed by atoms with Crippen molar-refractivity contribution in [2.75, 3.05) is 19.0 Å². The molecule has 7 nitrogen and oxygen atoms in total. The Labute approximate surface area is 97.7 Å². The molecular weight excluding hydrogens is 226 g/mol. The summed E-state index contributed by atoms with van der Waals surface area (Å²) in [6, 6.07) is 3.97. The van der Waals surface area contributed by atoms with Gasteiger partial charge in [-0.3, -0.25) is 14.9 Å². The zero-order valence-electron chi connectivity index (χ0n) is 9.30. The van der Waals surface area contributed by atoms with Crippen LogP contribution in [0.25, 0.3) is 0 Å². The molecule has 1 aromatic rings. The molecule has 0 fully saturated rings. The quantitative estimate of drug-likeness (QED) is 0.586. The van der Waals surface area contributed by atoms with E-state index in [1.54, 1.807) is 0 Å². The van der Waals surface area contributed by atoms with Crippen molar-refractivity contribution in [1.82, 2.24) is 0 Å². The minimum absolute atomic E-state index is 0.117. The molecule has 3 N–H and O–H groups in total. The van der Waals surface area contributed by atoms with E-state index in [0.29, 0.717) is 5.75 Å². The number of carbonyl (C=O) groups excluding carboxylic acids is 1. The van der Waals surface area contributed by atoms with Gasteiger partial charge in [0.15, 0.2) is 0 Å². The number of nitrogens with two attached hydrogens (primary N) is 1. The molecule has 0 aliphatic heterocycles. The third-order valence-corrected chi connectivity index (χ3v) is 2.04. The Morgan fingerprint density at radius 3 is 2.82 bits per heavy atom. The van der Waals surface area contributed by atoms with Gasteiger partial charge in [-0.1, -0.05) is 0 Å².